The maximum atomic E-state index is 14.0. The minimum Gasteiger partial charge on any atom is -0.372 e. The number of anilines is 1. The molecule has 1 spiro atoms. The molecule has 9 heteroatoms. The van der Waals surface area contributed by atoms with E-state index in [0.717, 1.165) is 50.2 Å². The van der Waals surface area contributed by atoms with Gasteiger partial charge in [-0.3, -0.25) is 4.79 Å². The molecular formula is C29H29F4N4O+. The number of aromatic nitrogens is 1. The van der Waals surface area contributed by atoms with E-state index in [1.807, 2.05) is 30.5 Å². The second kappa shape index (κ2) is 9.36. The molecule has 1 saturated carbocycles. The van der Waals surface area contributed by atoms with Crippen molar-refractivity contribution in [3.63, 3.8) is 0 Å². The van der Waals surface area contributed by atoms with E-state index in [1.54, 1.807) is 4.58 Å². The summed E-state index contributed by atoms with van der Waals surface area (Å²) in [6, 6.07) is 12.3. The molecule has 198 valence electrons. The quantitative estimate of drug-likeness (QED) is 0.332. The number of rotatable bonds is 4. The van der Waals surface area contributed by atoms with Crippen LogP contribution >= 0.6 is 0 Å². The number of carbonyl (C=O) groups is 1. The van der Waals surface area contributed by atoms with Crippen LogP contribution in [0.15, 0.2) is 48.5 Å². The molecule has 2 unspecified atom stereocenters. The third-order valence-electron chi connectivity index (χ3n) is 8.08. The second-order valence-electron chi connectivity index (χ2n) is 10.8. The van der Waals surface area contributed by atoms with E-state index in [2.05, 4.69) is 15.2 Å². The number of amides is 1. The molecule has 1 aliphatic carbocycles. The summed E-state index contributed by atoms with van der Waals surface area (Å²) in [5.41, 5.74) is 0.961. The minimum atomic E-state index is -4.60. The number of carbonyl (C=O) groups excluding carboxylic acids is 1. The van der Waals surface area contributed by atoms with Crippen LogP contribution in [0, 0.1) is 11.2 Å². The van der Waals surface area contributed by atoms with Gasteiger partial charge in [-0.2, -0.15) is 13.2 Å². The molecule has 2 atom stereocenters. The Kier molecular flexibility index (Phi) is 6.12. The first-order valence-electron chi connectivity index (χ1n) is 13.2. The van der Waals surface area contributed by atoms with Crippen molar-refractivity contribution >= 4 is 34.4 Å². The van der Waals surface area contributed by atoms with Crippen LogP contribution in [0.1, 0.15) is 54.6 Å². The zero-order valence-electron chi connectivity index (χ0n) is 20.9. The van der Waals surface area contributed by atoms with Crippen molar-refractivity contribution in [3.05, 3.63) is 65.6 Å². The monoisotopic (exact) mass is 525 g/mol. The maximum Gasteiger partial charge on any atom is 0.433 e. The Hall–Kier alpha value is -3.49. The van der Waals surface area contributed by atoms with Gasteiger partial charge < -0.3 is 10.2 Å². The zero-order chi connectivity index (χ0) is 26.5. The summed E-state index contributed by atoms with van der Waals surface area (Å²) in [6.45, 7) is 2.60. The lowest BCUT2D eigenvalue weighted by molar-refractivity contribution is -0.491. The summed E-state index contributed by atoms with van der Waals surface area (Å²) in [5, 5.41) is 3.52. The van der Waals surface area contributed by atoms with Gasteiger partial charge in [-0.1, -0.05) is 6.42 Å². The minimum absolute atomic E-state index is 0.0229. The number of halogens is 4. The highest BCUT2D eigenvalue weighted by molar-refractivity contribution is 5.95. The van der Waals surface area contributed by atoms with Gasteiger partial charge in [0.05, 0.1) is 10.9 Å². The molecule has 3 aromatic rings. The van der Waals surface area contributed by atoms with Crippen molar-refractivity contribution < 1.29 is 26.9 Å². The fourth-order valence-electron chi connectivity index (χ4n) is 6.21. The van der Waals surface area contributed by atoms with Crippen LogP contribution in [0.4, 0.5) is 28.9 Å². The van der Waals surface area contributed by atoms with Gasteiger partial charge in [0.25, 0.3) is 5.91 Å². The zero-order valence-corrected chi connectivity index (χ0v) is 20.9. The normalized spacial score (nSPS) is 23.4. The fraction of sp³-hybridized carbons (Fsp3) is 0.414. The van der Waals surface area contributed by atoms with Crippen LogP contribution < -0.4 is 10.2 Å². The number of pyridine rings is 1. The molecule has 2 fully saturated rings. The van der Waals surface area contributed by atoms with Gasteiger partial charge >= 0.3 is 6.18 Å². The Balaban J connectivity index is 1.19. The van der Waals surface area contributed by atoms with E-state index in [4.69, 9.17) is 0 Å². The van der Waals surface area contributed by atoms with E-state index in [9.17, 15) is 22.4 Å². The molecule has 0 bridgehead atoms. The van der Waals surface area contributed by atoms with Crippen molar-refractivity contribution in [1.29, 1.82) is 0 Å². The summed E-state index contributed by atoms with van der Waals surface area (Å²) in [7, 11) is 0. The van der Waals surface area contributed by atoms with E-state index in [1.165, 1.54) is 25.0 Å². The SMILES string of the molecule is O=C(NC1CCCC2(C=[N+](c3cc(C(F)(F)F)nc4ccc(F)cc34)C2)C1)c1ccc(N2CCCC2)cc1. The lowest BCUT2D eigenvalue weighted by atomic mass is 9.69. The van der Waals surface area contributed by atoms with E-state index in [0.29, 0.717) is 29.6 Å². The number of hydrogen-bond donors (Lipinski definition) is 1. The summed E-state index contributed by atoms with van der Waals surface area (Å²) in [4.78, 5) is 19.0. The molecule has 0 radical (unpaired) electrons. The summed E-state index contributed by atoms with van der Waals surface area (Å²) < 4.78 is 56.3. The predicted molar refractivity (Wildman–Crippen MR) is 138 cm³/mol. The molecule has 1 aromatic heterocycles. The number of benzene rings is 2. The topological polar surface area (TPSA) is 48.2 Å². The Morgan fingerprint density at radius 2 is 1.79 bits per heavy atom. The molecule has 3 aliphatic rings. The van der Waals surface area contributed by atoms with Crippen LogP contribution in [0.25, 0.3) is 10.9 Å². The van der Waals surface area contributed by atoms with Crippen LogP contribution in [0.3, 0.4) is 0 Å². The molecule has 1 N–H and O–H groups in total. The van der Waals surface area contributed by atoms with E-state index in [-0.39, 0.29) is 22.9 Å². The molecular weight excluding hydrogens is 496 g/mol. The first-order valence-corrected chi connectivity index (χ1v) is 13.2. The van der Waals surface area contributed by atoms with Crippen molar-refractivity contribution in [3.8, 4) is 0 Å². The van der Waals surface area contributed by atoms with Crippen LogP contribution in [0.2, 0.25) is 0 Å². The molecule has 6 rings (SSSR count). The molecule has 5 nitrogen and oxygen atoms in total. The number of fused-ring (bicyclic) bond motifs is 1. The highest BCUT2D eigenvalue weighted by atomic mass is 19.4. The predicted octanol–water partition coefficient (Wildman–Crippen LogP) is 6.08. The Bertz CT molecular complexity index is 1410. The van der Waals surface area contributed by atoms with Gasteiger partial charge in [-0.15, -0.1) is 0 Å². The third-order valence-corrected chi connectivity index (χ3v) is 8.08. The molecule has 2 aliphatic heterocycles. The maximum absolute atomic E-state index is 14.0. The fourth-order valence-corrected chi connectivity index (χ4v) is 6.21. The van der Waals surface area contributed by atoms with Gasteiger partial charge in [0.15, 0.2) is 18.5 Å². The van der Waals surface area contributed by atoms with Gasteiger partial charge in [0.1, 0.15) is 11.2 Å². The van der Waals surface area contributed by atoms with E-state index >= 15 is 0 Å². The van der Waals surface area contributed by atoms with Crippen LogP contribution in [-0.2, 0) is 6.18 Å². The third kappa shape index (κ3) is 4.74. The number of nitrogens with one attached hydrogen (secondary N) is 1. The first-order chi connectivity index (χ1) is 18.2. The highest BCUT2D eigenvalue weighted by Crippen LogP contribution is 2.43. The van der Waals surface area contributed by atoms with Crippen molar-refractivity contribution in [2.75, 3.05) is 24.5 Å². The van der Waals surface area contributed by atoms with Crippen LogP contribution in [0.5, 0.6) is 0 Å². The first kappa shape index (κ1) is 24.8. The largest absolute Gasteiger partial charge is 0.433 e. The van der Waals surface area contributed by atoms with Crippen molar-refractivity contribution in [2.45, 2.75) is 50.7 Å². The summed E-state index contributed by atoms with van der Waals surface area (Å²) in [5.74, 6) is -0.633. The molecule has 3 heterocycles. The number of hydrogen-bond acceptors (Lipinski definition) is 3. The Morgan fingerprint density at radius 1 is 1.05 bits per heavy atom. The summed E-state index contributed by atoms with van der Waals surface area (Å²) in [6.07, 6.45) is 3.10. The Labute approximate surface area is 218 Å². The standard InChI is InChI=1S/C29H28F4N4O/c30-20-7-10-24-23(14-20)25(15-26(35-24)29(31,32)33)37-17-28(18-37)11-3-4-21(16-28)34-27(38)19-5-8-22(9-6-19)36-12-1-2-13-36/h5-10,14-15,17,21H,1-4,11-13,16,18H2/p+1. The molecule has 2 aromatic carbocycles. The lowest BCUT2D eigenvalue weighted by Crippen LogP contribution is -2.52. The second-order valence-corrected chi connectivity index (χ2v) is 10.8. The smallest absolute Gasteiger partial charge is 0.372 e. The van der Waals surface area contributed by atoms with Gasteiger partial charge in [-0.25, -0.2) is 13.9 Å². The Morgan fingerprint density at radius 3 is 2.50 bits per heavy atom. The van der Waals surface area contributed by atoms with Gasteiger partial charge in [0.2, 0.25) is 5.69 Å². The summed E-state index contributed by atoms with van der Waals surface area (Å²) >= 11 is 0. The van der Waals surface area contributed by atoms with Crippen LogP contribution in [-0.4, -0.2) is 47.4 Å². The highest BCUT2D eigenvalue weighted by Gasteiger charge is 2.49. The van der Waals surface area contributed by atoms with E-state index < -0.39 is 17.7 Å². The average molecular weight is 526 g/mol. The average Bonchev–Trinajstić information content (AvgIpc) is 3.41. The van der Waals surface area contributed by atoms with Crippen molar-refractivity contribution in [1.82, 2.24) is 10.3 Å². The van der Waals surface area contributed by atoms with Gasteiger partial charge in [-0.05, 0) is 74.6 Å². The number of nitrogens with zero attached hydrogens (tertiary/aromatic N) is 3. The number of alkyl halides is 3. The van der Waals surface area contributed by atoms with Gasteiger partial charge in [0, 0.05) is 36.4 Å². The van der Waals surface area contributed by atoms with Crippen molar-refractivity contribution in [2.24, 2.45) is 5.41 Å². The molecule has 1 saturated heterocycles. The molecule has 1 amide bonds. The molecule has 38 heavy (non-hydrogen) atoms. The lowest BCUT2D eigenvalue weighted by Gasteiger charge is -2.40.